The van der Waals surface area contributed by atoms with Crippen LogP contribution < -0.4 is 40.2 Å². The monoisotopic (exact) mass is 189 g/mol. The van der Waals surface area contributed by atoms with E-state index in [1.54, 1.807) is 12.1 Å². The van der Waals surface area contributed by atoms with Crippen LogP contribution in [-0.2, 0) is 0 Å². The minimum atomic E-state index is -0.282. The molecule has 1 aromatic carbocycles. The van der Waals surface area contributed by atoms with Crippen LogP contribution in [0.5, 0.6) is 5.75 Å². The topological polar surface area (TPSA) is 55.9 Å². The van der Waals surface area contributed by atoms with Gasteiger partial charge in [-0.1, -0.05) is 29.4 Å². The first kappa shape index (κ1) is 9.80. The van der Waals surface area contributed by atoms with Crippen molar-refractivity contribution in [2.75, 3.05) is 0 Å². The Hall–Kier alpha value is -0.290. The number of aromatic amines is 1. The van der Waals surface area contributed by atoms with E-state index in [2.05, 4.69) is 4.37 Å². The van der Waals surface area contributed by atoms with Crippen molar-refractivity contribution in [2.24, 2.45) is 0 Å². The van der Waals surface area contributed by atoms with Crippen molar-refractivity contribution in [2.45, 2.75) is 0 Å². The summed E-state index contributed by atoms with van der Waals surface area (Å²) < 4.78 is 3.23. The molecule has 2 rings (SSSR count). The zero-order valence-corrected chi connectivity index (χ0v) is 9.27. The number of hydrogen-bond donors (Lipinski definition) is 1. The van der Waals surface area contributed by atoms with Crippen molar-refractivity contribution in [1.82, 2.24) is 4.37 Å². The molecule has 0 aliphatic heterocycles. The number of H-pyrrole nitrogens is 1. The maximum Gasteiger partial charge on any atom is 1.00 e. The van der Waals surface area contributed by atoms with Crippen molar-refractivity contribution < 1.29 is 34.7 Å². The van der Waals surface area contributed by atoms with Gasteiger partial charge in [-0.15, -0.1) is 0 Å². The van der Waals surface area contributed by atoms with Crippen molar-refractivity contribution in [3.8, 4) is 5.75 Å². The average Bonchev–Trinajstić information content (AvgIpc) is 2.34. The predicted octanol–water partition coefficient (Wildman–Crippen LogP) is -2.33. The third-order valence-corrected chi connectivity index (χ3v) is 2.32. The van der Waals surface area contributed by atoms with E-state index in [1.807, 2.05) is 0 Å². The molecule has 0 atom stereocenters. The maximum atomic E-state index is 11.0. The Morgan fingerprint density at radius 3 is 2.83 bits per heavy atom. The van der Waals surface area contributed by atoms with Crippen LogP contribution in [0.15, 0.2) is 23.0 Å². The zero-order chi connectivity index (χ0) is 7.84. The van der Waals surface area contributed by atoms with Gasteiger partial charge in [-0.2, -0.15) is 0 Å². The summed E-state index contributed by atoms with van der Waals surface area (Å²) in [5.74, 6) is -0.204. The Morgan fingerprint density at radius 2 is 2.17 bits per heavy atom. The largest absolute Gasteiger partial charge is 1.00 e. The quantitative estimate of drug-likeness (QED) is 0.472. The van der Waals surface area contributed by atoms with Crippen LogP contribution in [0, 0.1) is 0 Å². The fourth-order valence-corrected chi connectivity index (χ4v) is 1.72. The fraction of sp³-hybridized carbons (Fsp3) is 0. The molecular weight excluding hydrogens is 185 g/mol. The van der Waals surface area contributed by atoms with Crippen molar-refractivity contribution in [3.05, 3.63) is 28.6 Å². The summed E-state index contributed by atoms with van der Waals surface area (Å²) in [7, 11) is 0. The molecule has 0 saturated heterocycles. The summed E-state index contributed by atoms with van der Waals surface area (Å²) >= 11 is 1.19. The number of nitrogens with one attached hydrogen (secondary N) is 1. The molecule has 0 bridgehead atoms. The molecule has 0 spiro atoms. The third-order valence-electron chi connectivity index (χ3n) is 1.47. The Kier molecular flexibility index (Phi) is 2.95. The Morgan fingerprint density at radius 1 is 1.42 bits per heavy atom. The van der Waals surface area contributed by atoms with E-state index < -0.39 is 0 Å². The van der Waals surface area contributed by atoms with Gasteiger partial charge in [0.25, 0.3) is 5.56 Å². The molecular formula is C7H4NNaO2S. The van der Waals surface area contributed by atoms with Gasteiger partial charge in [-0.25, -0.2) is 0 Å². The minimum Gasteiger partial charge on any atom is -0.872 e. The number of rotatable bonds is 0. The number of benzene rings is 1. The second-order valence-corrected chi connectivity index (χ2v) is 3.01. The molecule has 2 aromatic rings. The summed E-state index contributed by atoms with van der Waals surface area (Å²) in [6, 6.07) is 4.79. The summed E-state index contributed by atoms with van der Waals surface area (Å²) in [5, 5.41) is 11.3. The number of hydrogen-bond acceptors (Lipinski definition) is 3. The molecule has 1 N–H and O–H groups in total. The Bertz CT molecular complexity index is 448. The van der Waals surface area contributed by atoms with Crippen molar-refractivity contribution in [1.29, 1.82) is 0 Å². The molecule has 1 aromatic heterocycles. The van der Waals surface area contributed by atoms with Crippen LogP contribution in [0.25, 0.3) is 10.1 Å². The SMILES string of the molecule is O=c1[nH]sc2cccc([O-])c12.[Na+]. The third kappa shape index (κ3) is 1.43. The molecule has 1 heterocycles. The molecule has 3 nitrogen and oxygen atoms in total. The number of fused-ring (bicyclic) bond motifs is 1. The molecule has 12 heavy (non-hydrogen) atoms. The molecule has 0 aliphatic carbocycles. The van der Waals surface area contributed by atoms with Crippen LogP contribution in [0.4, 0.5) is 0 Å². The van der Waals surface area contributed by atoms with Crippen molar-refractivity contribution >= 4 is 21.6 Å². The van der Waals surface area contributed by atoms with Crippen LogP contribution in [-0.4, -0.2) is 4.37 Å². The fourth-order valence-electron chi connectivity index (χ4n) is 0.972. The van der Waals surface area contributed by atoms with Gasteiger partial charge in [0.1, 0.15) is 0 Å². The molecule has 0 saturated carbocycles. The van der Waals surface area contributed by atoms with E-state index in [0.717, 1.165) is 4.70 Å². The first-order chi connectivity index (χ1) is 5.29. The van der Waals surface area contributed by atoms with Gasteiger partial charge in [0, 0.05) is 0 Å². The van der Waals surface area contributed by atoms with Gasteiger partial charge in [-0.3, -0.25) is 9.17 Å². The minimum absolute atomic E-state index is 0. The van der Waals surface area contributed by atoms with Gasteiger partial charge in [0.05, 0.1) is 10.1 Å². The summed E-state index contributed by atoms with van der Waals surface area (Å²) in [5.41, 5.74) is -0.282. The van der Waals surface area contributed by atoms with Gasteiger partial charge >= 0.3 is 29.6 Å². The second-order valence-electron chi connectivity index (χ2n) is 2.16. The van der Waals surface area contributed by atoms with Gasteiger partial charge in [0.2, 0.25) is 0 Å². The summed E-state index contributed by atoms with van der Waals surface area (Å²) in [6.45, 7) is 0. The van der Waals surface area contributed by atoms with Crippen LogP contribution >= 0.6 is 11.5 Å². The Balaban J connectivity index is 0.000000720. The second kappa shape index (κ2) is 3.62. The average molecular weight is 189 g/mol. The molecule has 0 unspecified atom stereocenters. The predicted molar refractivity (Wildman–Crippen MR) is 41.9 cm³/mol. The van der Waals surface area contributed by atoms with E-state index in [9.17, 15) is 9.90 Å². The normalized spacial score (nSPS) is 9.67. The van der Waals surface area contributed by atoms with E-state index >= 15 is 0 Å². The van der Waals surface area contributed by atoms with Gasteiger partial charge in [-0.05, 0) is 6.07 Å². The molecule has 0 radical (unpaired) electrons. The zero-order valence-electron chi connectivity index (χ0n) is 6.46. The molecule has 0 fully saturated rings. The van der Waals surface area contributed by atoms with E-state index in [4.69, 9.17) is 0 Å². The molecule has 0 aliphatic rings. The van der Waals surface area contributed by atoms with Crippen molar-refractivity contribution in [3.63, 3.8) is 0 Å². The maximum absolute atomic E-state index is 11.0. The molecule has 56 valence electrons. The number of aromatic nitrogens is 1. The first-order valence-corrected chi connectivity index (χ1v) is 3.88. The van der Waals surface area contributed by atoms with E-state index in [-0.39, 0.29) is 46.3 Å². The summed E-state index contributed by atoms with van der Waals surface area (Å²) in [4.78, 5) is 11.0. The van der Waals surface area contributed by atoms with Gasteiger partial charge in [0.15, 0.2) is 0 Å². The summed E-state index contributed by atoms with van der Waals surface area (Å²) in [6.07, 6.45) is 0. The molecule has 0 amide bonds. The van der Waals surface area contributed by atoms with E-state index in [0.29, 0.717) is 0 Å². The smallest absolute Gasteiger partial charge is 0.872 e. The van der Waals surface area contributed by atoms with E-state index in [1.165, 1.54) is 17.6 Å². The van der Waals surface area contributed by atoms with Crippen LogP contribution in [0.1, 0.15) is 0 Å². The van der Waals surface area contributed by atoms with Crippen LogP contribution in [0.2, 0.25) is 0 Å². The Labute approximate surface area is 94.5 Å². The molecule has 5 heteroatoms. The first-order valence-electron chi connectivity index (χ1n) is 3.06. The van der Waals surface area contributed by atoms with Gasteiger partial charge < -0.3 is 5.11 Å². The van der Waals surface area contributed by atoms with Crippen LogP contribution in [0.3, 0.4) is 0 Å². The standard InChI is InChI=1S/C7H5NO2S.Na/c9-4-2-1-3-5-6(4)7(10)8-11-5;/h1-3,9H,(H,8,10);/q;+1/p-1.